The summed E-state index contributed by atoms with van der Waals surface area (Å²) >= 11 is 0. The third kappa shape index (κ3) is 2.12. The average Bonchev–Trinajstić information content (AvgIpc) is 2.81. The summed E-state index contributed by atoms with van der Waals surface area (Å²) in [6.45, 7) is 4.12. The van der Waals surface area contributed by atoms with Gasteiger partial charge in [0.25, 0.3) is 0 Å². The first-order valence-corrected chi connectivity index (χ1v) is 5.38. The third-order valence-corrected chi connectivity index (χ3v) is 2.31. The van der Waals surface area contributed by atoms with E-state index < -0.39 is 4.92 Å². The van der Waals surface area contributed by atoms with Crippen LogP contribution in [0.2, 0.25) is 0 Å². The molecule has 0 aliphatic carbocycles. The zero-order valence-corrected chi connectivity index (χ0v) is 9.99. The molecule has 2 aromatic rings. The van der Waals surface area contributed by atoms with Crippen LogP contribution in [0, 0.1) is 17.0 Å². The van der Waals surface area contributed by atoms with Crippen LogP contribution in [0.3, 0.4) is 0 Å². The van der Waals surface area contributed by atoms with Crippen LogP contribution in [0.1, 0.15) is 12.6 Å². The number of hydrogen-bond acceptors (Lipinski definition) is 6. The van der Waals surface area contributed by atoms with Crippen molar-refractivity contribution in [3.8, 4) is 5.82 Å². The standard InChI is InChI=1S/C10H12N6O2/c1-3-12-10-13-7(2)8(16(17)18)9(14-10)15-5-4-11-6-15/h4-6H,3H2,1-2H3,(H,12,13,14). The molecule has 0 saturated heterocycles. The third-order valence-electron chi connectivity index (χ3n) is 2.31. The van der Waals surface area contributed by atoms with Crippen molar-refractivity contribution in [3.63, 3.8) is 0 Å². The van der Waals surface area contributed by atoms with Crippen LogP contribution in [-0.4, -0.2) is 31.0 Å². The summed E-state index contributed by atoms with van der Waals surface area (Å²) in [6, 6.07) is 0. The van der Waals surface area contributed by atoms with E-state index in [0.717, 1.165) is 0 Å². The van der Waals surface area contributed by atoms with Crippen LogP contribution in [0.4, 0.5) is 11.6 Å². The smallest absolute Gasteiger partial charge is 0.333 e. The molecule has 0 aromatic carbocycles. The number of hydrogen-bond donors (Lipinski definition) is 1. The summed E-state index contributed by atoms with van der Waals surface area (Å²) in [7, 11) is 0. The zero-order valence-electron chi connectivity index (χ0n) is 9.99. The molecule has 0 aliphatic rings. The number of aromatic nitrogens is 4. The van der Waals surface area contributed by atoms with Crippen LogP contribution in [-0.2, 0) is 0 Å². The van der Waals surface area contributed by atoms with Gasteiger partial charge in [0, 0.05) is 18.9 Å². The minimum Gasteiger partial charge on any atom is -0.354 e. The normalized spacial score (nSPS) is 10.3. The van der Waals surface area contributed by atoms with Gasteiger partial charge in [-0.3, -0.25) is 14.7 Å². The topological polar surface area (TPSA) is 98.8 Å². The number of aryl methyl sites for hydroxylation is 1. The Labute approximate surface area is 103 Å². The number of rotatable bonds is 4. The second-order valence-corrected chi connectivity index (χ2v) is 3.56. The molecule has 0 amide bonds. The fraction of sp³-hybridized carbons (Fsp3) is 0.300. The van der Waals surface area contributed by atoms with E-state index >= 15 is 0 Å². The monoisotopic (exact) mass is 248 g/mol. The van der Waals surface area contributed by atoms with E-state index in [2.05, 4.69) is 20.3 Å². The van der Waals surface area contributed by atoms with Crippen molar-refractivity contribution in [1.82, 2.24) is 19.5 Å². The maximum absolute atomic E-state index is 11.1. The Morgan fingerprint density at radius 1 is 1.50 bits per heavy atom. The molecule has 1 N–H and O–H groups in total. The number of anilines is 1. The highest BCUT2D eigenvalue weighted by Gasteiger charge is 2.23. The summed E-state index contributed by atoms with van der Waals surface area (Å²) in [6.07, 6.45) is 4.60. The van der Waals surface area contributed by atoms with Gasteiger partial charge < -0.3 is 5.32 Å². The lowest BCUT2D eigenvalue weighted by atomic mass is 10.3. The molecule has 0 fully saturated rings. The lowest BCUT2D eigenvalue weighted by Gasteiger charge is -2.08. The van der Waals surface area contributed by atoms with E-state index in [-0.39, 0.29) is 11.5 Å². The number of nitrogens with one attached hydrogen (secondary N) is 1. The van der Waals surface area contributed by atoms with Crippen molar-refractivity contribution in [2.75, 3.05) is 11.9 Å². The molecule has 0 saturated carbocycles. The Hall–Kier alpha value is -2.51. The van der Waals surface area contributed by atoms with Crippen LogP contribution in [0.5, 0.6) is 0 Å². The van der Waals surface area contributed by atoms with Crippen molar-refractivity contribution < 1.29 is 4.92 Å². The molecule has 2 aromatic heterocycles. The first kappa shape index (κ1) is 12.0. The Kier molecular flexibility index (Phi) is 3.18. The van der Waals surface area contributed by atoms with E-state index in [1.165, 1.54) is 17.1 Å². The molecule has 8 heteroatoms. The molecular weight excluding hydrogens is 236 g/mol. The maximum atomic E-state index is 11.1. The molecule has 0 aliphatic heterocycles. The van der Waals surface area contributed by atoms with Crippen molar-refractivity contribution in [3.05, 3.63) is 34.5 Å². The molecule has 18 heavy (non-hydrogen) atoms. The fourth-order valence-electron chi connectivity index (χ4n) is 1.57. The Morgan fingerprint density at radius 3 is 2.83 bits per heavy atom. The minimum atomic E-state index is -0.486. The van der Waals surface area contributed by atoms with Gasteiger partial charge in [-0.25, -0.2) is 9.97 Å². The highest BCUT2D eigenvalue weighted by molar-refractivity contribution is 5.53. The molecule has 94 valence electrons. The summed E-state index contributed by atoms with van der Waals surface area (Å²) < 4.78 is 1.49. The van der Waals surface area contributed by atoms with E-state index in [1.54, 1.807) is 13.1 Å². The van der Waals surface area contributed by atoms with Crippen LogP contribution < -0.4 is 5.32 Å². The lowest BCUT2D eigenvalue weighted by Crippen LogP contribution is -2.10. The number of imidazole rings is 1. The molecule has 2 heterocycles. The summed E-state index contributed by atoms with van der Waals surface area (Å²) in [5.74, 6) is 0.574. The van der Waals surface area contributed by atoms with Gasteiger partial charge in [-0.05, 0) is 13.8 Å². The van der Waals surface area contributed by atoms with E-state index in [9.17, 15) is 10.1 Å². The maximum Gasteiger partial charge on any atom is 0.333 e. The molecule has 0 atom stereocenters. The van der Waals surface area contributed by atoms with Gasteiger partial charge in [0.2, 0.25) is 11.8 Å². The van der Waals surface area contributed by atoms with Gasteiger partial charge in [-0.1, -0.05) is 0 Å². The minimum absolute atomic E-state index is 0.116. The van der Waals surface area contributed by atoms with E-state index in [0.29, 0.717) is 18.2 Å². The van der Waals surface area contributed by atoms with Crippen molar-refractivity contribution >= 4 is 11.6 Å². The van der Waals surface area contributed by atoms with Gasteiger partial charge in [0.1, 0.15) is 12.0 Å². The fourth-order valence-corrected chi connectivity index (χ4v) is 1.57. The van der Waals surface area contributed by atoms with Gasteiger partial charge in [-0.15, -0.1) is 0 Å². The van der Waals surface area contributed by atoms with Crippen LogP contribution in [0.25, 0.3) is 5.82 Å². The molecule has 0 spiro atoms. The number of nitro groups is 1. The highest BCUT2D eigenvalue weighted by atomic mass is 16.6. The van der Waals surface area contributed by atoms with Crippen LogP contribution in [0.15, 0.2) is 18.7 Å². The summed E-state index contributed by atoms with van der Waals surface area (Å²) in [5.41, 5.74) is 0.198. The van der Waals surface area contributed by atoms with E-state index in [4.69, 9.17) is 0 Å². The Morgan fingerprint density at radius 2 is 2.28 bits per heavy atom. The van der Waals surface area contributed by atoms with Gasteiger partial charge in [0.15, 0.2) is 0 Å². The van der Waals surface area contributed by atoms with E-state index in [1.807, 2.05) is 6.92 Å². The summed E-state index contributed by atoms with van der Waals surface area (Å²) in [4.78, 5) is 22.7. The Bertz CT molecular complexity index is 566. The average molecular weight is 248 g/mol. The summed E-state index contributed by atoms with van der Waals surface area (Å²) in [5, 5.41) is 14.0. The van der Waals surface area contributed by atoms with Crippen molar-refractivity contribution in [2.45, 2.75) is 13.8 Å². The zero-order chi connectivity index (χ0) is 13.1. The molecule has 0 bridgehead atoms. The molecule has 0 radical (unpaired) electrons. The second-order valence-electron chi connectivity index (χ2n) is 3.56. The Balaban J connectivity index is 2.63. The van der Waals surface area contributed by atoms with Gasteiger partial charge in [-0.2, -0.15) is 4.98 Å². The first-order valence-electron chi connectivity index (χ1n) is 5.38. The van der Waals surface area contributed by atoms with Gasteiger partial charge in [0.05, 0.1) is 4.92 Å². The second kappa shape index (κ2) is 4.78. The number of nitrogens with zero attached hydrogens (tertiary/aromatic N) is 5. The van der Waals surface area contributed by atoms with Crippen molar-refractivity contribution in [2.24, 2.45) is 0 Å². The molecule has 8 nitrogen and oxygen atoms in total. The van der Waals surface area contributed by atoms with Crippen LogP contribution >= 0.6 is 0 Å². The quantitative estimate of drug-likeness (QED) is 0.647. The first-order chi connectivity index (χ1) is 8.63. The SMILES string of the molecule is CCNc1nc(C)c([N+](=O)[O-])c(-n2ccnc2)n1. The van der Waals surface area contributed by atoms with Crippen molar-refractivity contribution in [1.29, 1.82) is 0 Å². The largest absolute Gasteiger partial charge is 0.354 e. The molecule has 0 unspecified atom stereocenters. The predicted molar refractivity (Wildman–Crippen MR) is 64.7 cm³/mol. The highest BCUT2D eigenvalue weighted by Crippen LogP contribution is 2.24. The van der Waals surface area contributed by atoms with Gasteiger partial charge >= 0.3 is 5.69 Å². The molecule has 2 rings (SSSR count). The molecular formula is C10H12N6O2. The predicted octanol–water partition coefficient (Wildman–Crippen LogP) is 1.31. The lowest BCUT2D eigenvalue weighted by molar-refractivity contribution is -0.385.